The highest BCUT2D eigenvalue weighted by Crippen LogP contribution is 2.22. The lowest BCUT2D eigenvalue weighted by Gasteiger charge is -2.17. The van der Waals surface area contributed by atoms with Crippen molar-refractivity contribution in [3.63, 3.8) is 0 Å². The molecule has 2 N–H and O–H groups in total. The maximum Gasteiger partial charge on any atom is 0.330 e. The lowest BCUT2D eigenvalue weighted by Crippen LogP contribution is -2.34. The van der Waals surface area contributed by atoms with Gasteiger partial charge in [-0.05, 0) is 42.8 Å². The molecule has 2 aromatic rings. The number of methoxy groups -OCH3 is 1. The molecular formula is C20H21FN2O5. The SMILES string of the molecule is CCN(C)C(=O)c1cccc(C(=O)NC(C(=O)O)c2ccc(OC)c(F)c2)c1. The van der Waals surface area contributed by atoms with Crippen molar-refractivity contribution in [3.8, 4) is 5.75 Å². The number of hydrogen-bond donors (Lipinski definition) is 2. The van der Waals surface area contributed by atoms with Crippen LogP contribution in [0.2, 0.25) is 0 Å². The van der Waals surface area contributed by atoms with E-state index in [0.717, 1.165) is 6.07 Å². The van der Waals surface area contributed by atoms with E-state index >= 15 is 0 Å². The Morgan fingerprint density at radius 3 is 2.43 bits per heavy atom. The molecule has 7 nitrogen and oxygen atoms in total. The molecule has 2 rings (SSSR count). The number of amides is 2. The molecule has 0 saturated carbocycles. The third-order valence-corrected chi connectivity index (χ3v) is 4.22. The van der Waals surface area contributed by atoms with E-state index in [-0.39, 0.29) is 22.8 Å². The number of carbonyl (C=O) groups excluding carboxylic acids is 2. The van der Waals surface area contributed by atoms with Gasteiger partial charge in [0.1, 0.15) is 0 Å². The zero-order valence-electron chi connectivity index (χ0n) is 15.7. The number of benzene rings is 2. The molecule has 0 heterocycles. The van der Waals surface area contributed by atoms with E-state index in [4.69, 9.17) is 4.74 Å². The zero-order chi connectivity index (χ0) is 20.8. The lowest BCUT2D eigenvalue weighted by molar-refractivity contribution is -0.139. The Bertz CT molecular complexity index is 900. The van der Waals surface area contributed by atoms with Crippen molar-refractivity contribution in [1.82, 2.24) is 10.2 Å². The van der Waals surface area contributed by atoms with Crippen LogP contribution >= 0.6 is 0 Å². The van der Waals surface area contributed by atoms with E-state index in [1.165, 1.54) is 42.3 Å². The average molecular weight is 388 g/mol. The van der Waals surface area contributed by atoms with Gasteiger partial charge in [-0.25, -0.2) is 9.18 Å². The van der Waals surface area contributed by atoms with Gasteiger partial charge < -0.3 is 20.1 Å². The third kappa shape index (κ3) is 4.64. The molecule has 0 fully saturated rings. The van der Waals surface area contributed by atoms with Crippen molar-refractivity contribution in [2.45, 2.75) is 13.0 Å². The minimum absolute atomic E-state index is 0.0366. The molecule has 28 heavy (non-hydrogen) atoms. The van der Waals surface area contributed by atoms with Crippen molar-refractivity contribution in [1.29, 1.82) is 0 Å². The van der Waals surface area contributed by atoms with Crippen LogP contribution in [0.4, 0.5) is 4.39 Å². The summed E-state index contributed by atoms with van der Waals surface area (Å²) in [5, 5.41) is 11.8. The minimum Gasteiger partial charge on any atom is -0.494 e. The minimum atomic E-state index is -1.47. The lowest BCUT2D eigenvalue weighted by atomic mass is 10.0. The second-order valence-corrected chi connectivity index (χ2v) is 6.04. The van der Waals surface area contributed by atoms with Gasteiger partial charge >= 0.3 is 5.97 Å². The molecule has 0 aliphatic heterocycles. The van der Waals surface area contributed by atoms with Crippen LogP contribution in [0.5, 0.6) is 5.75 Å². The van der Waals surface area contributed by atoms with E-state index in [2.05, 4.69) is 5.32 Å². The number of rotatable bonds is 7. The number of hydrogen-bond acceptors (Lipinski definition) is 4. The van der Waals surface area contributed by atoms with Crippen LogP contribution in [0.1, 0.15) is 39.2 Å². The second kappa shape index (κ2) is 8.98. The Morgan fingerprint density at radius 1 is 1.18 bits per heavy atom. The van der Waals surface area contributed by atoms with Gasteiger partial charge in [0.05, 0.1) is 7.11 Å². The fraction of sp³-hybridized carbons (Fsp3) is 0.250. The summed E-state index contributed by atoms with van der Waals surface area (Å²) in [6, 6.07) is 8.12. The van der Waals surface area contributed by atoms with Gasteiger partial charge in [0.2, 0.25) is 0 Å². The molecule has 0 saturated heterocycles. The standard InChI is InChI=1S/C20H21FN2O5/c1-4-23(2)19(25)14-7-5-6-13(10-14)18(24)22-17(20(26)27)12-8-9-16(28-3)15(21)11-12/h5-11,17H,4H2,1-3H3,(H,22,24)(H,26,27). The van der Waals surface area contributed by atoms with E-state index in [1.54, 1.807) is 13.1 Å². The maximum atomic E-state index is 13.9. The van der Waals surface area contributed by atoms with Crippen molar-refractivity contribution in [2.24, 2.45) is 0 Å². The summed E-state index contributed by atoms with van der Waals surface area (Å²) in [5.74, 6) is -3.08. The predicted octanol–water partition coefficient (Wildman–Crippen LogP) is 2.48. The van der Waals surface area contributed by atoms with Crippen molar-refractivity contribution >= 4 is 17.8 Å². The average Bonchev–Trinajstić information content (AvgIpc) is 2.70. The van der Waals surface area contributed by atoms with Crippen LogP contribution in [-0.4, -0.2) is 48.5 Å². The van der Waals surface area contributed by atoms with Crippen LogP contribution in [0, 0.1) is 5.82 Å². The smallest absolute Gasteiger partial charge is 0.330 e. The molecule has 1 unspecified atom stereocenters. The molecule has 0 aromatic heterocycles. The number of halogens is 1. The van der Waals surface area contributed by atoms with Crippen LogP contribution in [0.15, 0.2) is 42.5 Å². The maximum absolute atomic E-state index is 13.9. The Hall–Kier alpha value is -3.42. The molecule has 0 aliphatic rings. The number of nitrogens with one attached hydrogen (secondary N) is 1. The number of carboxylic acid groups (broad SMARTS) is 1. The first kappa shape index (κ1) is 20.9. The Balaban J connectivity index is 2.27. The summed E-state index contributed by atoms with van der Waals surface area (Å²) in [7, 11) is 2.92. The van der Waals surface area contributed by atoms with Gasteiger partial charge in [-0.1, -0.05) is 12.1 Å². The first-order valence-electron chi connectivity index (χ1n) is 8.51. The Morgan fingerprint density at radius 2 is 1.86 bits per heavy atom. The van der Waals surface area contributed by atoms with Gasteiger partial charge in [-0.2, -0.15) is 0 Å². The topological polar surface area (TPSA) is 95.9 Å². The highest BCUT2D eigenvalue weighted by Gasteiger charge is 2.24. The molecule has 148 valence electrons. The summed E-state index contributed by atoms with van der Waals surface area (Å²) >= 11 is 0. The van der Waals surface area contributed by atoms with Crippen LogP contribution in [-0.2, 0) is 4.79 Å². The van der Waals surface area contributed by atoms with E-state index in [1.807, 2.05) is 6.92 Å². The fourth-order valence-corrected chi connectivity index (χ4v) is 2.52. The highest BCUT2D eigenvalue weighted by atomic mass is 19.1. The molecule has 2 amide bonds. The van der Waals surface area contributed by atoms with Crippen molar-refractivity contribution in [2.75, 3.05) is 20.7 Å². The predicted molar refractivity (Wildman–Crippen MR) is 99.9 cm³/mol. The van der Waals surface area contributed by atoms with Crippen LogP contribution < -0.4 is 10.1 Å². The first-order valence-corrected chi connectivity index (χ1v) is 8.51. The van der Waals surface area contributed by atoms with Gasteiger partial charge in [-0.3, -0.25) is 9.59 Å². The highest BCUT2D eigenvalue weighted by molar-refractivity contribution is 6.00. The largest absolute Gasteiger partial charge is 0.494 e. The molecule has 8 heteroatoms. The molecule has 0 radical (unpaired) electrons. The van der Waals surface area contributed by atoms with Gasteiger partial charge in [-0.15, -0.1) is 0 Å². The second-order valence-electron chi connectivity index (χ2n) is 6.04. The molecule has 0 aliphatic carbocycles. The van der Waals surface area contributed by atoms with Crippen LogP contribution in [0.25, 0.3) is 0 Å². The number of carboxylic acids is 1. The van der Waals surface area contributed by atoms with Crippen LogP contribution in [0.3, 0.4) is 0 Å². The van der Waals surface area contributed by atoms with Gasteiger partial charge in [0.15, 0.2) is 17.6 Å². The van der Waals surface area contributed by atoms with Gasteiger partial charge in [0, 0.05) is 24.7 Å². The van der Waals surface area contributed by atoms with Crippen molar-refractivity contribution < 1.29 is 28.6 Å². The van der Waals surface area contributed by atoms with Crippen molar-refractivity contribution in [3.05, 3.63) is 65.0 Å². The molecule has 2 aromatic carbocycles. The number of aliphatic carboxylic acids is 1. The molecule has 1 atom stereocenters. The summed E-state index contributed by atoms with van der Waals surface area (Å²) < 4.78 is 18.7. The number of nitrogens with zero attached hydrogens (tertiary/aromatic N) is 1. The molecule has 0 bridgehead atoms. The molecule has 0 spiro atoms. The van der Waals surface area contributed by atoms with Gasteiger partial charge in [0.25, 0.3) is 11.8 Å². The summed E-state index contributed by atoms with van der Waals surface area (Å²) in [6.07, 6.45) is 0. The first-order chi connectivity index (χ1) is 13.3. The molecular weight excluding hydrogens is 367 g/mol. The van der Waals surface area contributed by atoms with E-state index < -0.39 is 23.7 Å². The third-order valence-electron chi connectivity index (χ3n) is 4.22. The Labute approximate surface area is 161 Å². The summed E-state index contributed by atoms with van der Waals surface area (Å²) in [4.78, 5) is 37.9. The zero-order valence-corrected chi connectivity index (χ0v) is 15.7. The summed E-state index contributed by atoms with van der Waals surface area (Å²) in [6.45, 7) is 2.32. The number of carbonyl (C=O) groups is 3. The quantitative estimate of drug-likeness (QED) is 0.760. The fourth-order valence-electron chi connectivity index (χ4n) is 2.52. The van der Waals surface area contributed by atoms with E-state index in [9.17, 15) is 23.9 Å². The Kier molecular flexibility index (Phi) is 6.70. The normalized spacial score (nSPS) is 11.4. The van der Waals surface area contributed by atoms with E-state index in [0.29, 0.717) is 12.1 Å². The number of ether oxygens (including phenoxy) is 1. The summed E-state index contributed by atoms with van der Waals surface area (Å²) in [5.41, 5.74) is 0.479. The monoisotopic (exact) mass is 388 g/mol.